The molecular formula is C84H88. The van der Waals surface area contributed by atoms with Crippen molar-refractivity contribution >= 4 is 11.1 Å². The molecule has 3 unspecified atom stereocenters. The van der Waals surface area contributed by atoms with Crippen molar-refractivity contribution in [2.75, 3.05) is 0 Å². The molecule has 0 heterocycles. The summed E-state index contributed by atoms with van der Waals surface area (Å²) in [6.07, 6.45) is 60.6. The fourth-order valence-electron chi connectivity index (χ4n) is 14.8. The van der Waals surface area contributed by atoms with Gasteiger partial charge in [0.25, 0.3) is 0 Å². The Morgan fingerprint density at radius 2 is 0.893 bits per heavy atom. The molecule has 3 atom stereocenters. The summed E-state index contributed by atoms with van der Waals surface area (Å²) in [5.74, 6) is 3.73. The van der Waals surface area contributed by atoms with Crippen LogP contribution in [0, 0.1) is 44.4 Å². The van der Waals surface area contributed by atoms with Crippen molar-refractivity contribution in [3.8, 4) is 0 Å². The molecule has 0 spiro atoms. The molecule has 2 saturated carbocycles. The molecule has 0 amide bonds. The Balaban J connectivity index is 0.000000124. The molecule has 9 aliphatic rings. The number of rotatable bonds is 13. The standard InChI is InChI=1S/C30H32.C28H30.C26H26/c1-21-11-14-25(15-12-21)29-18-16-26(28-9-6-10-30(28)29)20-23-13-17-27(22(2)19-23)24-7-4-3-5-8-24;1-20-9-13-22(14-10-20)23-15-11-21(12-16-23)19-25-17-18-27(24-5-2-3-6-24)28-8-4-7-26(25)28;1-3-5-20-12-14-22(15-13-20)25-17-16-23(24-6-4-7-26(24)25)18-21-10-8-19(2)9-11-21/h6,9-19,24,30H,3-5,7-8,20H2,1-2H3;2,4-8,11-12,15-18,20,22,28H,3,9-10,13-14,19H2,1H3;4,6-17,26H,3,5,18H2,1-2H3. The average molecular weight is 1100 g/mol. The average Bonchev–Trinajstić information content (AvgIpc) is 4.02. The third-order valence-electron chi connectivity index (χ3n) is 19.7. The summed E-state index contributed by atoms with van der Waals surface area (Å²) in [4.78, 5) is 0. The van der Waals surface area contributed by atoms with Gasteiger partial charge in [0.15, 0.2) is 0 Å². The summed E-state index contributed by atoms with van der Waals surface area (Å²) in [7, 11) is 0. The van der Waals surface area contributed by atoms with E-state index in [2.05, 4.69) is 259 Å². The van der Waals surface area contributed by atoms with Gasteiger partial charge in [0.05, 0.1) is 0 Å². The van der Waals surface area contributed by atoms with Crippen LogP contribution < -0.4 is 0 Å². The second-order valence-corrected chi connectivity index (χ2v) is 25.7. The minimum Gasteiger partial charge on any atom is -0.0801 e. The van der Waals surface area contributed by atoms with Gasteiger partial charge in [-0.15, -0.1) is 0 Å². The van der Waals surface area contributed by atoms with Crippen LogP contribution in [-0.2, 0) is 25.7 Å². The number of aryl methyl sites for hydroxylation is 4. The lowest BCUT2D eigenvalue weighted by molar-refractivity contribution is 0.348. The van der Waals surface area contributed by atoms with Crippen molar-refractivity contribution in [3.63, 3.8) is 0 Å². The van der Waals surface area contributed by atoms with Gasteiger partial charge in [0.2, 0.25) is 0 Å². The summed E-state index contributed by atoms with van der Waals surface area (Å²) < 4.78 is 0. The van der Waals surface area contributed by atoms with E-state index < -0.39 is 0 Å². The maximum atomic E-state index is 2.45. The summed E-state index contributed by atoms with van der Waals surface area (Å²) in [6.45, 7) is 11.2. The number of allylic oxidation sites excluding steroid dienone is 28. The van der Waals surface area contributed by atoms with E-state index in [9.17, 15) is 0 Å². The SMILES string of the molecule is CC1CCC(c2ccc(CC3=CC=C(C4=CCC=C4)C4C=CC=C34)cc2)CC1.CCCc1ccc(C2=CC=C(Cc3ccc(C)cc3)C3=CC=CC32)cc1.Cc1ccc(C2=CC=C(Cc3ccc(C4CCCCC4)c(C)c3)C3=CC=CC32)cc1. The van der Waals surface area contributed by atoms with Crippen molar-refractivity contribution in [2.24, 2.45) is 23.7 Å². The molecule has 0 aromatic heterocycles. The quantitative estimate of drug-likeness (QED) is 0.110. The van der Waals surface area contributed by atoms with Crippen LogP contribution in [0.2, 0.25) is 0 Å². The third kappa shape index (κ3) is 13.2. The Bertz CT molecular complexity index is 3640. The number of benzene rings is 5. The predicted octanol–water partition coefficient (Wildman–Crippen LogP) is 22.0. The fraction of sp³-hybridized carbons (Fsp3) is 0.310. The molecule has 0 aliphatic heterocycles. The molecule has 0 saturated heterocycles. The first-order valence-corrected chi connectivity index (χ1v) is 32.4. The van der Waals surface area contributed by atoms with Crippen molar-refractivity contribution < 1.29 is 0 Å². The van der Waals surface area contributed by atoms with E-state index in [0.29, 0.717) is 17.8 Å². The van der Waals surface area contributed by atoms with Gasteiger partial charge in [-0.3, -0.25) is 0 Å². The Hall–Kier alpha value is -7.54. The summed E-state index contributed by atoms with van der Waals surface area (Å²) >= 11 is 0. The van der Waals surface area contributed by atoms with E-state index in [0.717, 1.165) is 49.9 Å². The smallest absolute Gasteiger partial charge is 0.0281 e. The normalized spacial score (nSPS) is 22.7. The zero-order valence-electron chi connectivity index (χ0n) is 50.9. The Kier molecular flexibility index (Phi) is 18.0. The molecular weight excluding hydrogens is 1010 g/mol. The first kappa shape index (κ1) is 56.9. The van der Waals surface area contributed by atoms with E-state index in [4.69, 9.17) is 0 Å². The minimum absolute atomic E-state index is 0.398. The van der Waals surface area contributed by atoms with Crippen LogP contribution in [0.3, 0.4) is 0 Å². The molecule has 14 rings (SSSR count). The van der Waals surface area contributed by atoms with Gasteiger partial charge in [-0.05, 0) is 202 Å². The molecule has 0 radical (unpaired) electrons. The Labute approximate surface area is 505 Å². The van der Waals surface area contributed by atoms with Crippen LogP contribution in [0.25, 0.3) is 11.1 Å². The van der Waals surface area contributed by atoms with E-state index in [1.807, 2.05) is 0 Å². The van der Waals surface area contributed by atoms with Gasteiger partial charge in [-0.1, -0.05) is 288 Å². The molecule has 0 bridgehead atoms. The number of fused-ring (bicyclic) bond motifs is 3. The van der Waals surface area contributed by atoms with Gasteiger partial charge in [0.1, 0.15) is 0 Å². The Morgan fingerprint density at radius 1 is 0.417 bits per heavy atom. The van der Waals surface area contributed by atoms with Crippen molar-refractivity contribution in [2.45, 2.75) is 143 Å². The summed E-state index contributed by atoms with van der Waals surface area (Å²) in [5.41, 5.74) is 30.1. The van der Waals surface area contributed by atoms with Gasteiger partial charge in [-0.25, -0.2) is 0 Å². The van der Waals surface area contributed by atoms with Gasteiger partial charge in [-0.2, -0.15) is 0 Å². The second kappa shape index (κ2) is 26.6. The summed E-state index contributed by atoms with van der Waals surface area (Å²) in [6, 6.07) is 43.8. The van der Waals surface area contributed by atoms with Gasteiger partial charge in [0, 0.05) is 17.8 Å². The molecule has 0 nitrogen and oxygen atoms in total. The van der Waals surface area contributed by atoms with E-state index in [1.54, 1.807) is 11.1 Å². The summed E-state index contributed by atoms with van der Waals surface area (Å²) in [5, 5.41) is 0. The first-order chi connectivity index (χ1) is 41.2. The second-order valence-electron chi connectivity index (χ2n) is 25.7. The van der Waals surface area contributed by atoms with Crippen molar-refractivity contribution in [1.82, 2.24) is 0 Å². The lowest BCUT2D eigenvalue weighted by Crippen LogP contribution is -2.12. The van der Waals surface area contributed by atoms with Crippen molar-refractivity contribution in [1.29, 1.82) is 0 Å². The largest absolute Gasteiger partial charge is 0.0801 e. The van der Waals surface area contributed by atoms with Crippen LogP contribution in [0.1, 0.15) is 158 Å². The monoisotopic (exact) mass is 1100 g/mol. The van der Waals surface area contributed by atoms with Crippen LogP contribution in [0.4, 0.5) is 0 Å². The maximum Gasteiger partial charge on any atom is 0.0281 e. The van der Waals surface area contributed by atoms with Gasteiger partial charge < -0.3 is 0 Å². The van der Waals surface area contributed by atoms with Crippen LogP contribution >= 0.6 is 0 Å². The predicted molar refractivity (Wildman–Crippen MR) is 360 cm³/mol. The zero-order chi connectivity index (χ0) is 57.4. The molecule has 2 fully saturated rings. The molecule has 84 heavy (non-hydrogen) atoms. The van der Waals surface area contributed by atoms with Crippen LogP contribution in [-0.4, -0.2) is 0 Å². The van der Waals surface area contributed by atoms with Crippen molar-refractivity contribution in [3.05, 3.63) is 330 Å². The van der Waals surface area contributed by atoms with Crippen LogP contribution in [0.15, 0.2) is 269 Å². The highest BCUT2D eigenvalue weighted by Gasteiger charge is 2.30. The van der Waals surface area contributed by atoms with Gasteiger partial charge >= 0.3 is 0 Å². The van der Waals surface area contributed by atoms with E-state index in [-0.39, 0.29) is 0 Å². The zero-order valence-corrected chi connectivity index (χ0v) is 50.9. The first-order valence-electron chi connectivity index (χ1n) is 32.4. The minimum atomic E-state index is 0.398. The van der Waals surface area contributed by atoms with E-state index >= 15 is 0 Å². The Morgan fingerprint density at radius 3 is 1.42 bits per heavy atom. The molecule has 5 aromatic rings. The molecule has 0 heteroatoms. The molecule has 5 aromatic carbocycles. The highest BCUT2D eigenvalue weighted by atomic mass is 14.3. The molecule has 9 aliphatic carbocycles. The third-order valence-corrected chi connectivity index (χ3v) is 19.7. The number of hydrogen-bond acceptors (Lipinski definition) is 0. The lowest BCUT2D eigenvalue weighted by atomic mass is 9.78. The lowest BCUT2D eigenvalue weighted by Gasteiger charge is -2.27. The maximum absolute atomic E-state index is 2.45. The number of hydrogen-bond donors (Lipinski definition) is 0. The highest BCUT2D eigenvalue weighted by molar-refractivity contribution is 5.80. The topological polar surface area (TPSA) is 0 Å². The fourth-order valence-corrected chi connectivity index (χ4v) is 14.8. The molecule has 0 N–H and O–H groups in total. The highest BCUT2D eigenvalue weighted by Crippen LogP contribution is 2.45. The van der Waals surface area contributed by atoms with E-state index in [1.165, 1.54) is 170 Å². The molecule has 424 valence electrons. The van der Waals surface area contributed by atoms with Crippen LogP contribution in [0.5, 0.6) is 0 Å².